The summed E-state index contributed by atoms with van der Waals surface area (Å²) in [6, 6.07) is 80.3. The first-order valence-electron chi connectivity index (χ1n) is 24.2. The minimum Gasteiger partial charge on any atom is -0.456 e. The lowest BCUT2D eigenvalue weighted by Gasteiger charge is -2.28. The summed E-state index contributed by atoms with van der Waals surface area (Å²) in [5, 5.41) is 4.71. The smallest absolute Gasteiger partial charge is 0.135 e. The number of fused-ring (bicyclic) bond motifs is 9. The fourth-order valence-corrected chi connectivity index (χ4v) is 11.4. The predicted molar refractivity (Wildman–Crippen MR) is 291 cm³/mol. The molecule has 0 atom stereocenters. The van der Waals surface area contributed by atoms with E-state index in [-0.39, 0.29) is 5.41 Å². The van der Waals surface area contributed by atoms with Crippen LogP contribution in [-0.2, 0) is 11.8 Å². The first kappa shape index (κ1) is 40.8. The fourth-order valence-electron chi connectivity index (χ4n) is 11.4. The lowest BCUT2D eigenvalue weighted by molar-refractivity contribution is 0.660. The molecule has 0 saturated heterocycles. The van der Waals surface area contributed by atoms with Gasteiger partial charge in [-0.1, -0.05) is 154 Å². The van der Waals surface area contributed by atoms with Gasteiger partial charge in [0.05, 0.1) is 11.0 Å². The molecule has 3 nitrogen and oxygen atoms in total. The Morgan fingerprint density at radius 2 is 1.00 bits per heavy atom. The van der Waals surface area contributed by atoms with E-state index in [2.05, 4.69) is 249 Å². The van der Waals surface area contributed by atoms with Gasteiger partial charge in [-0.25, -0.2) is 0 Å². The molecule has 13 rings (SSSR count). The van der Waals surface area contributed by atoms with Gasteiger partial charge in [-0.15, -0.1) is 0 Å². The zero-order valence-electron chi connectivity index (χ0n) is 39.3. The maximum atomic E-state index is 6.33. The molecule has 0 bridgehead atoms. The number of aryl methyl sites for hydroxylation is 2. The monoisotopic (exact) mass is 886 g/mol. The molecular formula is C66H50N2O. The van der Waals surface area contributed by atoms with Crippen LogP contribution in [0.1, 0.15) is 43.0 Å². The predicted octanol–water partition coefficient (Wildman–Crippen LogP) is 18.3. The summed E-state index contributed by atoms with van der Waals surface area (Å²) in [6.07, 6.45) is 1.02. The Kier molecular flexibility index (Phi) is 9.39. The minimum atomic E-state index is -0.228. The zero-order valence-corrected chi connectivity index (χ0v) is 39.3. The van der Waals surface area contributed by atoms with E-state index in [0.29, 0.717) is 0 Å². The zero-order chi connectivity index (χ0) is 46.4. The molecule has 2 heterocycles. The number of furan rings is 1. The summed E-state index contributed by atoms with van der Waals surface area (Å²) < 4.78 is 8.71. The summed E-state index contributed by atoms with van der Waals surface area (Å²) in [6.45, 7) is 9.26. The van der Waals surface area contributed by atoms with Crippen molar-refractivity contribution >= 4 is 60.8 Å². The van der Waals surface area contributed by atoms with Crippen molar-refractivity contribution in [2.75, 3.05) is 4.90 Å². The molecule has 1 aliphatic rings. The van der Waals surface area contributed by atoms with Gasteiger partial charge < -0.3 is 13.9 Å². The van der Waals surface area contributed by atoms with E-state index in [9.17, 15) is 0 Å². The van der Waals surface area contributed by atoms with Crippen molar-refractivity contribution in [3.05, 3.63) is 241 Å². The van der Waals surface area contributed by atoms with Gasteiger partial charge in [0.2, 0.25) is 0 Å². The van der Waals surface area contributed by atoms with Gasteiger partial charge in [0.1, 0.15) is 11.2 Å². The van der Waals surface area contributed by atoms with Crippen molar-refractivity contribution in [1.82, 2.24) is 4.57 Å². The first-order valence-corrected chi connectivity index (χ1v) is 24.2. The van der Waals surface area contributed by atoms with Gasteiger partial charge in [-0.3, -0.25) is 0 Å². The Labute approximate surface area is 403 Å². The van der Waals surface area contributed by atoms with Crippen molar-refractivity contribution in [2.45, 2.75) is 39.5 Å². The number of rotatable bonds is 8. The number of nitrogens with zero attached hydrogens (tertiary/aromatic N) is 2. The van der Waals surface area contributed by atoms with Crippen molar-refractivity contribution < 1.29 is 4.42 Å². The number of anilines is 3. The highest BCUT2D eigenvalue weighted by Gasteiger charge is 2.36. The molecule has 12 aromatic rings. The highest BCUT2D eigenvalue weighted by Crippen LogP contribution is 2.52. The van der Waals surface area contributed by atoms with Crippen LogP contribution in [0.5, 0.6) is 0 Å². The van der Waals surface area contributed by atoms with Crippen molar-refractivity contribution in [1.29, 1.82) is 0 Å². The maximum Gasteiger partial charge on any atom is 0.135 e. The molecule has 330 valence electrons. The van der Waals surface area contributed by atoms with Crippen LogP contribution in [-0.4, -0.2) is 4.57 Å². The molecule has 0 N–H and O–H groups in total. The lowest BCUT2D eigenvalue weighted by atomic mass is 9.81. The second-order valence-corrected chi connectivity index (χ2v) is 19.2. The third kappa shape index (κ3) is 6.56. The third-order valence-electron chi connectivity index (χ3n) is 14.9. The van der Waals surface area contributed by atoms with Crippen LogP contribution in [0.3, 0.4) is 0 Å². The molecule has 0 unspecified atom stereocenters. The molecule has 69 heavy (non-hydrogen) atoms. The first-order chi connectivity index (χ1) is 33.8. The summed E-state index contributed by atoms with van der Waals surface area (Å²) in [5.74, 6) is 0. The minimum absolute atomic E-state index is 0.228. The number of benzene rings is 10. The Morgan fingerprint density at radius 1 is 0.420 bits per heavy atom. The summed E-state index contributed by atoms with van der Waals surface area (Å²) in [7, 11) is 0. The van der Waals surface area contributed by atoms with Gasteiger partial charge in [-0.05, 0) is 165 Å². The van der Waals surface area contributed by atoms with E-state index >= 15 is 0 Å². The van der Waals surface area contributed by atoms with Crippen LogP contribution in [0, 0.1) is 6.92 Å². The van der Waals surface area contributed by atoms with E-state index in [1.807, 2.05) is 6.07 Å². The largest absolute Gasteiger partial charge is 0.456 e. The van der Waals surface area contributed by atoms with Gasteiger partial charge in [-0.2, -0.15) is 0 Å². The molecular weight excluding hydrogens is 837 g/mol. The molecule has 2 aromatic heterocycles. The van der Waals surface area contributed by atoms with Crippen LogP contribution in [0.4, 0.5) is 17.1 Å². The van der Waals surface area contributed by atoms with Gasteiger partial charge in [0, 0.05) is 49.7 Å². The van der Waals surface area contributed by atoms with E-state index in [1.54, 1.807) is 0 Å². The van der Waals surface area contributed by atoms with E-state index in [1.165, 1.54) is 88.6 Å². The van der Waals surface area contributed by atoms with Gasteiger partial charge in [0.25, 0.3) is 0 Å². The molecule has 0 spiro atoms. The summed E-state index contributed by atoms with van der Waals surface area (Å²) >= 11 is 0. The van der Waals surface area contributed by atoms with Gasteiger partial charge in [0.15, 0.2) is 0 Å². The fraction of sp³-hybridized carbons (Fsp3) is 0.0909. The maximum absolute atomic E-state index is 6.33. The Morgan fingerprint density at radius 3 is 1.81 bits per heavy atom. The molecule has 1 aliphatic carbocycles. The highest BCUT2D eigenvalue weighted by atomic mass is 16.3. The van der Waals surface area contributed by atoms with E-state index in [0.717, 1.165) is 51.1 Å². The van der Waals surface area contributed by atoms with E-state index in [4.69, 9.17) is 4.42 Å². The highest BCUT2D eigenvalue weighted by molar-refractivity contribution is 6.11. The van der Waals surface area contributed by atoms with Gasteiger partial charge >= 0.3 is 0 Å². The number of hydrogen-bond donors (Lipinski definition) is 0. The Balaban J connectivity index is 0.892. The van der Waals surface area contributed by atoms with Crippen LogP contribution in [0.15, 0.2) is 223 Å². The molecule has 10 aromatic carbocycles. The van der Waals surface area contributed by atoms with Crippen molar-refractivity contribution in [2.24, 2.45) is 0 Å². The Bertz CT molecular complexity index is 3980. The topological polar surface area (TPSA) is 21.3 Å². The third-order valence-corrected chi connectivity index (χ3v) is 14.9. The standard InChI is InChI=1S/C66H50N2O/c1-5-43-15-9-10-18-53(43)52-32-25-45(37-42(52)2)47-26-33-54-55-34-30-51(41-61(55)66(3,4)60(54)39-47)67(50-31-36-65-59(40-50)57-20-12-14-22-64(57)69-65)49-28-23-44(24-29-49)46-27-35-63-58(38-46)56-19-11-13-21-62(56)68(63)48-16-7-6-8-17-48/h6-41H,5H2,1-4H3. The van der Waals surface area contributed by atoms with Crippen molar-refractivity contribution in [3.63, 3.8) is 0 Å². The van der Waals surface area contributed by atoms with Crippen LogP contribution in [0.25, 0.3) is 93.9 Å². The lowest BCUT2D eigenvalue weighted by Crippen LogP contribution is -2.16. The number of para-hydroxylation sites is 3. The quantitative estimate of drug-likeness (QED) is 0.152. The van der Waals surface area contributed by atoms with Crippen LogP contribution in [0.2, 0.25) is 0 Å². The summed E-state index contributed by atoms with van der Waals surface area (Å²) in [5.41, 5.74) is 23.9. The number of hydrogen-bond acceptors (Lipinski definition) is 2. The van der Waals surface area contributed by atoms with Crippen LogP contribution >= 0.6 is 0 Å². The molecule has 0 saturated carbocycles. The average Bonchev–Trinajstić information content (AvgIpc) is 4.01. The number of aromatic nitrogens is 1. The van der Waals surface area contributed by atoms with E-state index < -0.39 is 0 Å². The molecule has 0 radical (unpaired) electrons. The molecule has 3 heteroatoms. The molecule has 0 fully saturated rings. The SMILES string of the molecule is CCc1ccccc1-c1ccc(-c2ccc3c(c2)C(C)(C)c2cc(N(c4ccc(-c5ccc6c(c5)c5ccccc5n6-c5ccccc5)cc4)c4ccc5oc6ccccc6c5c4)ccc2-3)cc1C. The van der Waals surface area contributed by atoms with Crippen molar-refractivity contribution in [3.8, 4) is 50.2 Å². The Hall–Kier alpha value is -8.40. The normalized spacial score (nSPS) is 12.8. The second kappa shape index (κ2) is 15.9. The average molecular weight is 887 g/mol. The summed E-state index contributed by atoms with van der Waals surface area (Å²) in [4.78, 5) is 2.41. The second-order valence-electron chi connectivity index (χ2n) is 19.2. The molecule has 0 aliphatic heterocycles. The molecule has 0 amide bonds. The van der Waals surface area contributed by atoms with Crippen LogP contribution < -0.4 is 4.90 Å².